The van der Waals surface area contributed by atoms with Crippen LogP contribution < -0.4 is 0 Å². The number of carbonyl (C=O) groups is 1. The second-order valence-corrected chi connectivity index (χ2v) is 8.85. The van der Waals surface area contributed by atoms with E-state index in [0.717, 1.165) is 22.2 Å². The second kappa shape index (κ2) is 8.68. The van der Waals surface area contributed by atoms with Crippen molar-refractivity contribution in [1.29, 1.82) is 0 Å². The molecule has 8 heteroatoms. The van der Waals surface area contributed by atoms with Crippen LogP contribution in [0.5, 0.6) is 0 Å². The van der Waals surface area contributed by atoms with Crippen LogP contribution in [-0.2, 0) is 11.3 Å². The Morgan fingerprint density at radius 1 is 1.21 bits per heavy atom. The van der Waals surface area contributed by atoms with Gasteiger partial charge in [0.15, 0.2) is 0 Å². The highest BCUT2D eigenvalue weighted by Crippen LogP contribution is 2.31. The number of amides is 1. The Labute approximate surface area is 180 Å². The Bertz CT molecular complexity index is 993. The zero-order valence-electron chi connectivity index (χ0n) is 14.8. The number of rotatable bonds is 7. The molecule has 1 saturated carbocycles. The molecule has 3 aromatic rings. The summed E-state index contributed by atoms with van der Waals surface area (Å²) in [6.07, 6.45) is 2.03. The summed E-state index contributed by atoms with van der Waals surface area (Å²) in [5.41, 5.74) is 0.692. The first-order valence-electron chi connectivity index (χ1n) is 8.85. The quantitative estimate of drug-likeness (QED) is 0.423. The van der Waals surface area contributed by atoms with Gasteiger partial charge in [-0.25, -0.2) is 0 Å². The molecule has 28 heavy (non-hydrogen) atoms. The minimum Gasteiger partial charge on any atom is -0.419 e. The predicted molar refractivity (Wildman–Crippen MR) is 113 cm³/mol. The molecule has 1 aromatic heterocycles. The zero-order valence-corrected chi connectivity index (χ0v) is 18.0. The van der Waals surface area contributed by atoms with E-state index in [1.165, 1.54) is 11.8 Å². The van der Waals surface area contributed by atoms with Crippen LogP contribution in [-0.4, -0.2) is 32.8 Å². The van der Waals surface area contributed by atoms with Gasteiger partial charge in [-0.15, -0.1) is 22.0 Å². The highest BCUT2D eigenvalue weighted by atomic mass is 79.9. The van der Waals surface area contributed by atoms with Crippen LogP contribution in [0.15, 0.2) is 62.3 Å². The van der Waals surface area contributed by atoms with Crippen molar-refractivity contribution >= 4 is 45.2 Å². The first-order chi connectivity index (χ1) is 13.6. The summed E-state index contributed by atoms with van der Waals surface area (Å²) in [5, 5.41) is 8.76. The Morgan fingerprint density at radius 3 is 2.79 bits per heavy atom. The molecule has 0 radical (unpaired) electrons. The van der Waals surface area contributed by atoms with E-state index in [0.29, 0.717) is 34.7 Å². The Morgan fingerprint density at radius 2 is 2.04 bits per heavy atom. The van der Waals surface area contributed by atoms with Gasteiger partial charge in [0.2, 0.25) is 17.7 Å². The lowest BCUT2D eigenvalue weighted by molar-refractivity contribution is -0.129. The van der Waals surface area contributed by atoms with Crippen molar-refractivity contribution in [2.45, 2.75) is 30.3 Å². The highest BCUT2D eigenvalue weighted by molar-refractivity contribution is 9.10. The van der Waals surface area contributed by atoms with Crippen LogP contribution in [0.3, 0.4) is 0 Å². The molecule has 0 aliphatic heterocycles. The lowest BCUT2D eigenvalue weighted by atomic mass is 10.2. The maximum atomic E-state index is 12.8. The van der Waals surface area contributed by atoms with Crippen LogP contribution in [0.2, 0.25) is 5.02 Å². The first-order valence-corrected chi connectivity index (χ1v) is 11.0. The zero-order chi connectivity index (χ0) is 19.5. The van der Waals surface area contributed by atoms with Gasteiger partial charge in [0.05, 0.1) is 22.9 Å². The van der Waals surface area contributed by atoms with Crippen LogP contribution in [0.1, 0.15) is 18.7 Å². The molecule has 0 atom stereocenters. The van der Waals surface area contributed by atoms with Crippen molar-refractivity contribution in [3.8, 4) is 11.5 Å². The monoisotopic (exact) mass is 477 g/mol. The van der Waals surface area contributed by atoms with Crippen molar-refractivity contribution < 1.29 is 9.21 Å². The molecule has 0 spiro atoms. The number of aromatic nitrogens is 2. The van der Waals surface area contributed by atoms with Crippen molar-refractivity contribution in [2.75, 3.05) is 5.75 Å². The minimum absolute atomic E-state index is 0.0740. The molecule has 0 N–H and O–H groups in total. The van der Waals surface area contributed by atoms with Gasteiger partial charge in [-0.3, -0.25) is 4.79 Å². The number of carbonyl (C=O) groups excluding carboxylic acids is 1. The number of hydrogen-bond donors (Lipinski definition) is 0. The van der Waals surface area contributed by atoms with Crippen molar-refractivity contribution in [3.05, 3.63) is 63.9 Å². The molecule has 1 aliphatic rings. The lowest BCUT2D eigenvalue weighted by Crippen LogP contribution is -2.34. The van der Waals surface area contributed by atoms with E-state index in [9.17, 15) is 4.79 Å². The molecule has 144 valence electrons. The fourth-order valence-corrected chi connectivity index (χ4v) is 4.41. The summed E-state index contributed by atoms with van der Waals surface area (Å²) in [6, 6.07) is 15.5. The summed E-state index contributed by atoms with van der Waals surface area (Å²) in [6.45, 7) is 0.319. The van der Waals surface area contributed by atoms with Gasteiger partial charge in [0, 0.05) is 15.4 Å². The molecule has 0 saturated heterocycles. The number of benzene rings is 2. The van der Waals surface area contributed by atoms with Gasteiger partial charge in [0.25, 0.3) is 0 Å². The van der Waals surface area contributed by atoms with Crippen molar-refractivity contribution in [2.24, 2.45) is 0 Å². The predicted octanol–water partition coefficient (Wildman–Crippen LogP) is 5.44. The Hall–Kier alpha value is -1.83. The third-order valence-electron chi connectivity index (χ3n) is 4.34. The van der Waals surface area contributed by atoms with Crippen LogP contribution >= 0.6 is 39.3 Å². The SMILES string of the molecule is O=C(CSc1cccc(Br)c1)N(Cc1nnc(-c2ccccc2Cl)o1)C1CC1. The second-order valence-electron chi connectivity index (χ2n) is 6.48. The van der Waals surface area contributed by atoms with E-state index in [4.69, 9.17) is 16.0 Å². The molecule has 0 bridgehead atoms. The molecule has 4 rings (SSSR count). The average Bonchev–Trinajstić information content (AvgIpc) is 3.43. The maximum absolute atomic E-state index is 12.8. The Kier molecular flexibility index (Phi) is 6.04. The average molecular weight is 479 g/mol. The summed E-state index contributed by atoms with van der Waals surface area (Å²) in [5.74, 6) is 1.23. The van der Waals surface area contributed by atoms with Crippen LogP contribution in [0.4, 0.5) is 0 Å². The molecule has 1 amide bonds. The van der Waals surface area contributed by atoms with E-state index in [2.05, 4.69) is 26.1 Å². The van der Waals surface area contributed by atoms with E-state index < -0.39 is 0 Å². The molecule has 1 heterocycles. The number of nitrogens with zero attached hydrogens (tertiary/aromatic N) is 3. The number of hydrogen-bond acceptors (Lipinski definition) is 5. The minimum atomic E-state index is 0.0740. The fraction of sp³-hybridized carbons (Fsp3) is 0.250. The summed E-state index contributed by atoms with van der Waals surface area (Å²) in [4.78, 5) is 15.7. The van der Waals surface area contributed by atoms with Gasteiger partial charge >= 0.3 is 0 Å². The molecular formula is C20H17BrClN3O2S. The topological polar surface area (TPSA) is 59.2 Å². The lowest BCUT2D eigenvalue weighted by Gasteiger charge is -2.20. The third-order valence-corrected chi connectivity index (χ3v) is 6.14. The molecule has 2 aromatic carbocycles. The summed E-state index contributed by atoms with van der Waals surface area (Å²) in [7, 11) is 0. The standard InChI is InChI=1S/C20H17BrClN3O2S/c21-13-4-3-5-15(10-13)28-12-19(26)25(14-8-9-14)11-18-23-24-20(27-18)16-6-1-2-7-17(16)22/h1-7,10,14H,8-9,11-12H2. The summed E-state index contributed by atoms with van der Waals surface area (Å²) >= 11 is 11.2. The fourth-order valence-electron chi connectivity index (χ4n) is 2.80. The van der Waals surface area contributed by atoms with Gasteiger partial charge in [-0.1, -0.05) is 45.7 Å². The van der Waals surface area contributed by atoms with Crippen molar-refractivity contribution in [1.82, 2.24) is 15.1 Å². The first kappa shape index (κ1) is 19.5. The van der Waals surface area contributed by atoms with Gasteiger partial charge in [-0.05, 0) is 43.2 Å². The normalized spacial score (nSPS) is 13.5. The largest absolute Gasteiger partial charge is 0.419 e. The van der Waals surface area contributed by atoms with E-state index in [-0.39, 0.29) is 11.9 Å². The third kappa shape index (κ3) is 4.77. The van der Waals surface area contributed by atoms with Gasteiger partial charge in [0.1, 0.15) is 0 Å². The van der Waals surface area contributed by atoms with Gasteiger partial charge < -0.3 is 9.32 Å². The van der Waals surface area contributed by atoms with Crippen LogP contribution in [0, 0.1) is 0 Å². The van der Waals surface area contributed by atoms with Crippen molar-refractivity contribution in [3.63, 3.8) is 0 Å². The molecular weight excluding hydrogens is 462 g/mol. The molecule has 0 unspecified atom stereocenters. The molecule has 1 aliphatic carbocycles. The number of thioether (sulfide) groups is 1. The Balaban J connectivity index is 1.43. The molecule has 1 fully saturated rings. The van der Waals surface area contributed by atoms with E-state index in [1.54, 1.807) is 6.07 Å². The smallest absolute Gasteiger partial charge is 0.249 e. The highest BCUT2D eigenvalue weighted by Gasteiger charge is 2.33. The molecule has 5 nitrogen and oxygen atoms in total. The van der Waals surface area contributed by atoms with Gasteiger partial charge in [-0.2, -0.15) is 0 Å². The van der Waals surface area contributed by atoms with E-state index >= 15 is 0 Å². The number of halogens is 2. The summed E-state index contributed by atoms with van der Waals surface area (Å²) < 4.78 is 6.78. The maximum Gasteiger partial charge on any atom is 0.249 e. The van der Waals surface area contributed by atoms with E-state index in [1.807, 2.05) is 47.4 Å². The van der Waals surface area contributed by atoms with Crippen LogP contribution in [0.25, 0.3) is 11.5 Å².